The lowest BCUT2D eigenvalue weighted by Crippen LogP contribution is -2.52. The average molecular weight is 1250 g/mol. The molecule has 0 bridgehead atoms. The second-order valence-electron chi connectivity index (χ2n) is 26.4. The maximum atomic E-state index is 17.8. The Bertz CT molecular complexity index is 4610. The Balaban J connectivity index is 0.838. The molecule has 0 aromatic heterocycles. The number of fused-ring (bicyclic) bond motifs is 8. The molecule has 0 fully saturated rings. The third-order valence-electron chi connectivity index (χ3n) is 21.1. The number of carboxylic acids is 2. The Morgan fingerprint density at radius 1 is 0.578 bits per heavy atom. The topological polar surface area (TPSA) is 106 Å². The van der Waals surface area contributed by atoms with Crippen LogP contribution in [0.15, 0.2) is 35.2 Å². The first-order chi connectivity index (χ1) is 43.4. The van der Waals surface area contributed by atoms with Gasteiger partial charge in [-0.15, -0.1) is 11.8 Å². The van der Waals surface area contributed by atoms with Crippen LogP contribution < -0.4 is 49.6 Å². The van der Waals surface area contributed by atoms with Gasteiger partial charge in [0.05, 0.1) is 38.6 Å². The Morgan fingerprint density at radius 2 is 1.16 bits per heavy atom. The van der Waals surface area contributed by atoms with Crippen LogP contribution in [0.3, 0.4) is 0 Å². The molecule has 10 aliphatic heterocycles. The molecule has 0 aliphatic carbocycles. The standard InChI is InChI=1S/C71H62F8N4O6S/c1-33-29-71(2,30-34-17-18-37-27-45-49(51-53(72)57(76)59(78)58(77)54(51)73)44-26-36-12-4-6-20-81-22-8-14-39(62(36)81)66(44)88-67(45)40-15-9-23-82(31-34)63(37)40)83-24-10-16-41-64(83)42(33)28-46-48(50-52(70(86)87)55(74)60(79)69(56(50)75)90-32-47(84)85)43-25-35-11-3-5-19-80-21-7-13-38(61(35)80)65(43)89-68(41)46/h25-29,34H,3-24,30-32H2,1-2H3/p+2. The number of allylic oxidation sites excluding steroid dienone is 1. The molecule has 2 atom stereocenters. The van der Waals surface area contributed by atoms with E-state index in [-0.39, 0.29) is 28.8 Å². The minimum absolute atomic E-state index is 0.0394. The Morgan fingerprint density at radius 3 is 1.86 bits per heavy atom. The number of carbonyl (C=O) groups is 2. The fraction of sp³-hybridized carbons (Fsp3) is 0.408. The summed E-state index contributed by atoms with van der Waals surface area (Å²) < 4.78 is 149. The quantitative estimate of drug-likeness (QED) is 0.0506. The molecule has 2 unspecified atom stereocenters. The minimum Gasteiger partial charge on any atom is -0.481 e. The highest BCUT2D eigenvalue weighted by Gasteiger charge is 2.47. The number of aryl methyl sites for hydroxylation is 3. The van der Waals surface area contributed by atoms with Crippen molar-refractivity contribution < 1.29 is 64.4 Å². The molecule has 0 radical (unpaired) electrons. The van der Waals surface area contributed by atoms with Gasteiger partial charge in [0.1, 0.15) is 60.6 Å². The molecule has 19 heteroatoms. The van der Waals surface area contributed by atoms with E-state index < -0.39 is 91.4 Å². The number of rotatable bonds is 8. The number of aliphatic carboxylic acids is 1. The van der Waals surface area contributed by atoms with E-state index in [9.17, 15) is 24.2 Å². The number of carboxylic acid groups (broad SMARTS) is 2. The van der Waals surface area contributed by atoms with Gasteiger partial charge < -0.3 is 29.5 Å². The molecule has 6 aromatic carbocycles. The maximum Gasteiger partial charge on any atom is 0.339 e. The lowest BCUT2D eigenvalue weighted by Gasteiger charge is -2.50. The summed E-state index contributed by atoms with van der Waals surface area (Å²) in [6.07, 6.45) is 14.4. The molecule has 16 rings (SSSR count). The van der Waals surface area contributed by atoms with Crippen molar-refractivity contribution in [3.8, 4) is 23.0 Å². The number of hydrogen-bond acceptors (Lipinski definition) is 7. The van der Waals surface area contributed by atoms with Gasteiger partial charge in [-0.3, -0.25) is 4.79 Å². The molecule has 0 saturated heterocycles. The second-order valence-corrected chi connectivity index (χ2v) is 27.4. The summed E-state index contributed by atoms with van der Waals surface area (Å²) in [5, 5.41) is 23.2. The number of ether oxygens (including phenoxy) is 2. The van der Waals surface area contributed by atoms with E-state index in [0.29, 0.717) is 135 Å². The van der Waals surface area contributed by atoms with Crippen LogP contribution in [0, 0.1) is 52.5 Å². The lowest BCUT2D eigenvalue weighted by atomic mass is 9.75. The second kappa shape index (κ2) is 21.2. The van der Waals surface area contributed by atoms with Crippen LogP contribution in [-0.4, -0.2) is 79.3 Å². The van der Waals surface area contributed by atoms with E-state index in [2.05, 4.69) is 32.0 Å². The van der Waals surface area contributed by atoms with E-state index in [4.69, 9.17) is 9.47 Å². The van der Waals surface area contributed by atoms with Crippen LogP contribution in [0.4, 0.5) is 46.5 Å². The highest BCUT2D eigenvalue weighted by molar-refractivity contribution is 8.00. The van der Waals surface area contributed by atoms with E-state index in [0.717, 1.165) is 137 Å². The van der Waals surface area contributed by atoms with Gasteiger partial charge in [0.25, 0.3) is 0 Å². The predicted molar refractivity (Wildman–Crippen MR) is 325 cm³/mol. The fourth-order valence-corrected chi connectivity index (χ4v) is 18.3. The normalized spacial score (nSPS) is 20.8. The average Bonchev–Trinajstić information content (AvgIpc) is 0.803. The van der Waals surface area contributed by atoms with Crippen LogP contribution in [0.2, 0.25) is 0 Å². The molecule has 464 valence electrons. The van der Waals surface area contributed by atoms with Crippen LogP contribution in [-0.2, 0) is 49.7 Å². The van der Waals surface area contributed by atoms with E-state index in [1.165, 1.54) is 0 Å². The summed E-state index contributed by atoms with van der Waals surface area (Å²) in [4.78, 5) is 29.1. The third-order valence-corrected chi connectivity index (χ3v) is 22.1. The fourth-order valence-electron chi connectivity index (χ4n) is 17.6. The highest BCUT2D eigenvalue weighted by Crippen LogP contribution is 2.55. The first-order valence-electron chi connectivity index (χ1n) is 31.8. The zero-order chi connectivity index (χ0) is 62.1. The Labute approximate surface area is 517 Å². The van der Waals surface area contributed by atoms with Gasteiger partial charge in [0.15, 0.2) is 34.9 Å². The van der Waals surface area contributed by atoms with Gasteiger partial charge >= 0.3 is 11.9 Å². The van der Waals surface area contributed by atoms with Crippen LogP contribution in [0.1, 0.15) is 155 Å². The molecule has 0 spiro atoms. The zero-order valence-electron chi connectivity index (χ0n) is 49.9. The van der Waals surface area contributed by atoms with Crippen molar-refractivity contribution in [2.24, 2.45) is 5.92 Å². The Kier molecular flexibility index (Phi) is 13.5. The first-order valence-corrected chi connectivity index (χ1v) is 32.8. The lowest BCUT2D eigenvalue weighted by molar-refractivity contribution is -0.133. The molecule has 6 aromatic rings. The number of benzene rings is 6. The summed E-state index contributed by atoms with van der Waals surface area (Å²) in [6, 6.07) is 7.53. The summed E-state index contributed by atoms with van der Waals surface area (Å²) in [5.41, 5.74) is 7.05. The van der Waals surface area contributed by atoms with E-state index in [1.807, 2.05) is 31.2 Å². The van der Waals surface area contributed by atoms with E-state index in [1.54, 1.807) is 0 Å². The summed E-state index contributed by atoms with van der Waals surface area (Å²) >= 11 is 0.251. The number of halogens is 8. The number of aromatic carboxylic acids is 1. The van der Waals surface area contributed by atoms with Crippen molar-refractivity contribution in [3.05, 3.63) is 170 Å². The zero-order valence-corrected chi connectivity index (χ0v) is 50.7. The SMILES string of the molecule is CC1=CC(C)(CC2CCc3cc4c(c5c3=[N+](CCC5)C2)Oc2c(cc3c5c2CCCN5CCCC3)C=4c2c(F)c(F)c(F)c(F)c2F)N2CCCc3c4c(cc1c32)C(c1c(F)c(SCC(=O)O)c(F)c(F)c1C(=O)O)=c1cc2c3c(c1O4)CCC[N+]=3CCCC2. The highest BCUT2D eigenvalue weighted by atomic mass is 32.2. The molecule has 10 heterocycles. The number of hydrogen-bond donors (Lipinski definition) is 2. The van der Waals surface area contributed by atoms with Crippen molar-refractivity contribution >= 4 is 51.8 Å². The summed E-state index contributed by atoms with van der Waals surface area (Å²) in [7, 11) is 0. The number of thioether (sulfide) groups is 1. The molecule has 2 N–H and O–H groups in total. The van der Waals surface area contributed by atoms with Gasteiger partial charge in [-0.25, -0.2) is 49.1 Å². The third kappa shape index (κ3) is 8.47. The number of nitrogens with zero attached hydrogens (tertiary/aromatic N) is 4. The van der Waals surface area contributed by atoms with Crippen molar-refractivity contribution in [1.29, 1.82) is 0 Å². The van der Waals surface area contributed by atoms with Crippen LogP contribution in [0.25, 0.3) is 16.7 Å². The molecule has 90 heavy (non-hydrogen) atoms. The van der Waals surface area contributed by atoms with Crippen LogP contribution >= 0.6 is 11.8 Å². The van der Waals surface area contributed by atoms with Crippen molar-refractivity contribution in [3.63, 3.8) is 0 Å². The first kappa shape index (κ1) is 57.5. The molecule has 0 saturated carbocycles. The van der Waals surface area contributed by atoms with Gasteiger partial charge in [0, 0.05) is 117 Å². The molecule has 10 aliphatic rings. The van der Waals surface area contributed by atoms with Gasteiger partial charge in [-0.1, -0.05) is 6.08 Å². The maximum absolute atomic E-state index is 17.8. The van der Waals surface area contributed by atoms with Crippen molar-refractivity contribution in [1.82, 2.24) is 9.15 Å². The summed E-state index contributed by atoms with van der Waals surface area (Å²) in [5.74, 6) is -17.4. The van der Waals surface area contributed by atoms with Crippen molar-refractivity contribution in [2.45, 2.75) is 133 Å². The van der Waals surface area contributed by atoms with Crippen molar-refractivity contribution in [2.75, 3.05) is 61.4 Å². The van der Waals surface area contributed by atoms with E-state index >= 15 is 30.7 Å². The number of anilines is 2. The van der Waals surface area contributed by atoms with Gasteiger partial charge in [0.2, 0.25) is 16.5 Å². The largest absolute Gasteiger partial charge is 0.481 e. The summed E-state index contributed by atoms with van der Waals surface area (Å²) in [6.45, 7) is 9.56. The smallest absolute Gasteiger partial charge is 0.339 e. The van der Waals surface area contributed by atoms with Gasteiger partial charge in [-0.05, 0) is 139 Å². The monoisotopic (exact) mass is 1250 g/mol. The molecule has 0 amide bonds. The van der Waals surface area contributed by atoms with Gasteiger partial charge in [-0.2, -0.15) is 0 Å². The molecule has 10 nitrogen and oxygen atoms in total. The molecular weight excluding hydrogens is 1190 g/mol. The van der Waals surface area contributed by atoms with Crippen LogP contribution in [0.5, 0.6) is 23.0 Å². The Hall–Kier alpha value is -7.67. The predicted octanol–water partition coefficient (Wildman–Crippen LogP) is 11.3. The minimum atomic E-state index is -2.22. The molecular formula is C71H64F8N4O6S+2.